The van der Waals surface area contributed by atoms with Crippen LogP contribution >= 0.6 is 11.8 Å². The Kier molecular flexibility index (Phi) is 2.29. The van der Waals surface area contributed by atoms with Gasteiger partial charge in [0.05, 0.1) is 17.4 Å². The second kappa shape index (κ2) is 3.46. The van der Waals surface area contributed by atoms with Gasteiger partial charge in [0.1, 0.15) is 0 Å². The van der Waals surface area contributed by atoms with Gasteiger partial charge in [0.2, 0.25) is 0 Å². The zero-order valence-electron chi connectivity index (χ0n) is 8.19. The zero-order valence-corrected chi connectivity index (χ0v) is 9.01. The molecule has 0 aromatic carbocycles. The van der Waals surface area contributed by atoms with Crippen molar-refractivity contribution in [3.05, 3.63) is 30.1 Å². The maximum Gasteiger partial charge on any atom is 0.189 e. The summed E-state index contributed by atoms with van der Waals surface area (Å²) in [7, 11) is 0. The van der Waals surface area contributed by atoms with Crippen LogP contribution < -0.4 is 0 Å². The van der Waals surface area contributed by atoms with Crippen molar-refractivity contribution in [2.75, 3.05) is 6.26 Å². The Bertz CT molecular complexity index is 487. The second-order valence-corrected chi connectivity index (χ2v) is 3.77. The van der Waals surface area contributed by atoms with E-state index >= 15 is 0 Å². The predicted molar refractivity (Wildman–Crippen MR) is 59.6 cm³/mol. The molecule has 14 heavy (non-hydrogen) atoms. The van der Waals surface area contributed by atoms with Crippen LogP contribution in [0.5, 0.6) is 0 Å². The Hall–Kier alpha value is -1.29. The van der Waals surface area contributed by atoms with Gasteiger partial charge in [-0.1, -0.05) is 18.3 Å². The van der Waals surface area contributed by atoms with E-state index in [1.807, 2.05) is 30.0 Å². The van der Waals surface area contributed by atoms with E-state index in [2.05, 4.69) is 16.7 Å². The molecule has 0 bridgehead atoms. The summed E-state index contributed by atoms with van der Waals surface area (Å²) in [4.78, 5) is 4.40. The van der Waals surface area contributed by atoms with Crippen molar-refractivity contribution >= 4 is 23.4 Å². The minimum absolute atomic E-state index is 0.894. The van der Waals surface area contributed by atoms with Crippen LogP contribution in [0.3, 0.4) is 0 Å². The molecule has 2 aromatic rings. The average molecular weight is 205 g/mol. The smallest absolute Gasteiger partial charge is 0.189 e. The van der Waals surface area contributed by atoms with Crippen LogP contribution in [-0.2, 0) is 0 Å². The molecule has 0 saturated heterocycles. The number of rotatable bonds is 2. The molecule has 0 N–H and O–H groups in total. The molecule has 0 saturated carbocycles. The van der Waals surface area contributed by atoms with Crippen LogP contribution in [0.25, 0.3) is 11.6 Å². The SMILES string of the molecule is C=Cc1cc2c(C)cnn2c(SC)n1. The minimum atomic E-state index is 0.894. The van der Waals surface area contributed by atoms with Crippen molar-refractivity contribution in [3.63, 3.8) is 0 Å². The summed E-state index contributed by atoms with van der Waals surface area (Å²) in [6.07, 6.45) is 5.60. The van der Waals surface area contributed by atoms with Gasteiger partial charge in [-0.15, -0.1) is 0 Å². The molecule has 0 aliphatic heterocycles. The first-order valence-electron chi connectivity index (χ1n) is 4.28. The third-order valence-corrected chi connectivity index (χ3v) is 2.71. The quantitative estimate of drug-likeness (QED) is 0.557. The van der Waals surface area contributed by atoms with E-state index in [9.17, 15) is 0 Å². The van der Waals surface area contributed by atoms with Gasteiger partial charge in [0, 0.05) is 0 Å². The fourth-order valence-electron chi connectivity index (χ4n) is 1.33. The minimum Gasteiger partial charge on any atom is -0.223 e. The zero-order chi connectivity index (χ0) is 10.1. The van der Waals surface area contributed by atoms with Crippen LogP contribution in [-0.4, -0.2) is 20.9 Å². The summed E-state index contributed by atoms with van der Waals surface area (Å²) in [5, 5.41) is 5.16. The van der Waals surface area contributed by atoms with E-state index in [1.165, 1.54) is 0 Å². The first kappa shape index (κ1) is 9.27. The molecular weight excluding hydrogens is 194 g/mol. The lowest BCUT2D eigenvalue weighted by atomic mass is 10.3. The molecule has 0 aliphatic carbocycles. The normalized spacial score (nSPS) is 10.7. The molecule has 0 unspecified atom stereocenters. The Morgan fingerprint density at radius 3 is 3.00 bits per heavy atom. The van der Waals surface area contributed by atoms with Gasteiger partial charge in [-0.05, 0) is 30.9 Å². The fraction of sp³-hybridized carbons (Fsp3) is 0.200. The van der Waals surface area contributed by atoms with Gasteiger partial charge < -0.3 is 0 Å². The summed E-state index contributed by atoms with van der Waals surface area (Å²) in [6.45, 7) is 5.77. The first-order valence-corrected chi connectivity index (χ1v) is 5.50. The van der Waals surface area contributed by atoms with E-state index in [1.54, 1.807) is 17.8 Å². The maximum atomic E-state index is 4.40. The summed E-state index contributed by atoms with van der Waals surface area (Å²) < 4.78 is 1.85. The van der Waals surface area contributed by atoms with Gasteiger partial charge in [-0.25, -0.2) is 9.50 Å². The highest BCUT2D eigenvalue weighted by Gasteiger charge is 2.06. The van der Waals surface area contributed by atoms with Crippen molar-refractivity contribution in [2.45, 2.75) is 12.1 Å². The molecule has 72 valence electrons. The monoisotopic (exact) mass is 205 g/mol. The van der Waals surface area contributed by atoms with Crippen LogP contribution in [0.4, 0.5) is 0 Å². The highest BCUT2D eigenvalue weighted by Crippen LogP contribution is 2.18. The van der Waals surface area contributed by atoms with Crippen molar-refractivity contribution < 1.29 is 0 Å². The number of aromatic nitrogens is 3. The number of thioether (sulfide) groups is 1. The molecule has 0 fully saturated rings. The Morgan fingerprint density at radius 1 is 1.57 bits per heavy atom. The van der Waals surface area contributed by atoms with Crippen molar-refractivity contribution in [1.29, 1.82) is 0 Å². The van der Waals surface area contributed by atoms with Crippen LogP contribution in [0, 0.1) is 6.92 Å². The Morgan fingerprint density at radius 2 is 2.36 bits per heavy atom. The third kappa shape index (κ3) is 1.32. The number of nitrogens with zero attached hydrogens (tertiary/aromatic N) is 3. The fourth-order valence-corrected chi connectivity index (χ4v) is 1.85. The predicted octanol–water partition coefficient (Wildman–Crippen LogP) is 2.40. The lowest BCUT2D eigenvalue weighted by molar-refractivity contribution is 0.793. The lowest BCUT2D eigenvalue weighted by Gasteiger charge is -2.02. The molecule has 0 atom stereocenters. The van der Waals surface area contributed by atoms with Crippen LogP contribution in [0.15, 0.2) is 24.0 Å². The van der Waals surface area contributed by atoms with Crippen LogP contribution in [0.1, 0.15) is 11.3 Å². The van der Waals surface area contributed by atoms with E-state index in [4.69, 9.17) is 0 Å². The molecule has 2 rings (SSSR count). The first-order chi connectivity index (χ1) is 6.76. The average Bonchev–Trinajstić information content (AvgIpc) is 2.59. The van der Waals surface area contributed by atoms with Crippen molar-refractivity contribution in [2.24, 2.45) is 0 Å². The number of aryl methyl sites for hydroxylation is 1. The summed E-state index contributed by atoms with van der Waals surface area (Å²) in [5.41, 5.74) is 3.15. The molecule has 2 aromatic heterocycles. The molecule has 0 spiro atoms. The Labute approximate surface area is 86.9 Å². The van der Waals surface area contributed by atoms with Gasteiger partial charge in [-0.2, -0.15) is 5.10 Å². The van der Waals surface area contributed by atoms with E-state index in [-0.39, 0.29) is 0 Å². The second-order valence-electron chi connectivity index (χ2n) is 3.00. The van der Waals surface area contributed by atoms with Crippen molar-refractivity contribution in [3.8, 4) is 0 Å². The van der Waals surface area contributed by atoms with Crippen LogP contribution in [0.2, 0.25) is 0 Å². The summed E-state index contributed by atoms with van der Waals surface area (Å²) >= 11 is 1.58. The number of hydrogen-bond donors (Lipinski definition) is 0. The van der Waals surface area contributed by atoms with E-state index in [0.29, 0.717) is 0 Å². The van der Waals surface area contributed by atoms with E-state index < -0.39 is 0 Å². The highest BCUT2D eigenvalue weighted by molar-refractivity contribution is 7.98. The molecule has 0 aliphatic rings. The van der Waals surface area contributed by atoms with Gasteiger partial charge in [-0.3, -0.25) is 0 Å². The largest absolute Gasteiger partial charge is 0.223 e. The molecule has 3 nitrogen and oxygen atoms in total. The molecular formula is C10H11N3S. The van der Waals surface area contributed by atoms with Gasteiger partial charge in [0.15, 0.2) is 5.16 Å². The number of fused-ring (bicyclic) bond motifs is 1. The van der Waals surface area contributed by atoms with Gasteiger partial charge >= 0.3 is 0 Å². The molecule has 0 radical (unpaired) electrons. The highest BCUT2D eigenvalue weighted by atomic mass is 32.2. The standard InChI is InChI=1S/C10H11N3S/c1-4-8-5-9-7(2)6-11-13(9)10(12-8)14-3/h4-6H,1H2,2-3H3. The van der Waals surface area contributed by atoms with E-state index in [0.717, 1.165) is 21.9 Å². The molecule has 4 heteroatoms. The molecule has 2 heterocycles. The maximum absolute atomic E-state index is 4.40. The summed E-state index contributed by atoms with van der Waals surface area (Å²) in [6, 6.07) is 2.00. The molecule has 0 amide bonds. The van der Waals surface area contributed by atoms with Crippen molar-refractivity contribution in [1.82, 2.24) is 14.6 Å². The topological polar surface area (TPSA) is 30.2 Å². The van der Waals surface area contributed by atoms with Gasteiger partial charge in [0.25, 0.3) is 0 Å². The number of hydrogen-bond acceptors (Lipinski definition) is 3. The summed E-state index contributed by atoms with van der Waals surface area (Å²) in [5.74, 6) is 0. The Balaban J connectivity index is 2.82. The lowest BCUT2D eigenvalue weighted by Crippen LogP contribution is -1.97. The third-order valence-electron chi connectivity index (χ3n) is 2.08.